The zero-order valence-electron chi connectivity index (χ0n) is 12.1. The number of hydrogen-bond acceptors (Lipinski definition) is 3. The number of nitrogens with one attached hydrogen (secondary N) is 1. The molecule has 0 spiro atoms. The van der Waals surface area contributed by atoms with E-state index in [1.807, 2.05) is 13.0 Å². The van der Waals surface area contributed by atoms with E-state index in [1.54, 1.807) is 7.11 Å². The third kappa shape index (κ3) is 4.51. The lowest BCUT2D eigenvalue weighted by molar-refractivity contribution is 0.171. The van der Waals surface area contributed by atoms with Crippen molar-refractivity contribution in [1.29, 1.82) is 0 Å². The second kappa shape index (κ2) is 6.92. The van der Waals surface area contributed by atoms with Gasteiger partial charge in [-0.25, -0.2) is 0 Å². The van der Waals surface area contributed by atoms with Gasteiger partial charge in [0.25, 0.3) is 0 Å². The topological polar surface area (TPSA) is 30.5 Å². The molecule has 1 N–H and O–H groups in total. The van der Waals surface area contributed by atoms with Gasteiger partial charge in [-0.05, 0) is 49.3 Å². The van der Waals surface area contributed by atoms with Crippen LogP contribution in [-0.4, -0.2) is 26.9 Å². The molecule has 1 saturated carbocycles. The molecule has 1 aliphatic rings. The first-order valence-corrected chi connectivity index (χ1v) is 7.19. The second-order valence-electron chi connectivity index (χ2n) is 5.43. The maximum atomic E-state index is 5.51. The molecule has 1 aliphatic carbocycles. The fourth-order valence-electron chi connectivity index (χ4n) is 2.39. The molecule has 1 aromatic carbocycles. The van der Waals surface area contributed by atoms with Gasteiger partial charge in [0.05, 0.1) is 6.61 Å². The van der Waals surface area contributed by atoms with Gasteiger partial charge in [0.2, 0.25) is 0 Å². The quantitative estimate of drug-likeness (QED) is 0.743. The van der Waals surface area contributed by atoms with Crippen LogP contribution >= 0.6 is 0 Å². The predicted octanol–water partition coefficient (Wildman–Crippen LogP) is 2.99. The highest BCUT2D eigenvalue weighted by atomic mass is 16.5. The van der Waals surface area contributed by atoms with Gasteiger partial charge in [0.1, 0.15) is 5.75 Å². The molecule has 0 bridgehead atoms. The summed E-state index contributed by atoms with van der Waals surface area (Å²) in [7, 11) is 1.78. The SMILES string of the molecule is CCOc1cccc(CNCC2(CCOC)CC2)c1. The molecule has 0 saturated heterocycles. The van der Waals surface area contributed by atoms with Crippen LogP contribution in [0.3, 0.4) is 0 Å². The van der Waals surface area contributed by atoms with Gasteiger partial charge in [-0.3, -0.25) is 0 Å². The largest absolute Gasteiger partial charge is 0.494 e. The number of ether oxygens (including phenoxy) is 2. The van der Waals surface area contributed by atoms with Gasteiger partial charge < -0.3 is 14.8 Å². The van der Waals surface area contributed by atoms with E-state index in [1.165, 1.54) is 24.8 Å². The van der Waals surface area contributed by atoms with Gasteiger partial charge in [-0.1, -0.05) is 12.1 Å². The fraction of sp³-hybridized carbons (Fsp3) is 0.625. The number of benzene rings is 1. The van der Waals surface area contributed by atoms with E-state index in [4.69, 9.17) is 9.47 Å². The Balaban J connectivity index is 1.75. The third-order valence-corrected chi connectivity index (χ3v) is 3.83. The molecule has 0 radical (unpaired) electrons. The van der Waals surface area contributed by atoms with E-state index in [-0.39, 0.29) is 0 Å². The van der Waals surface area contributed by atoms with Crippen molar-refractivity contribution in [1.82, 2.24) is 5.32 Å². The molecule has 19 heavy (non-hydrogen) atoms. The number of methoxy groups -OCH3 is 1. The van der Waals surface area contributed by atoms with Crippen LogP contribution in [-0.2, 0) is 11.3 Å². The first-order chi connectivity index (χ1) is 9.28. The highest BCUT2D eigenvalue weighted by Crippen LogP contribution is 2.48. The Hall–Kier alpha value is -1.06. The summed E-state index contributed by atoms with van der Waals surface area (Å²) in [4.78, 5) is 0. The van der Waals surface area contributed by atoms with Crippen LogP contribution in [0.4, 0.5) is 0 Å². The summed E-state index contributed by atoms with van der Waals surface area (Å²) in [6.45, 7) is 5.61. The lowest BCUT2D eigenvalue weighted by atomic mass is 10.0. The lowest BCUT2D eigenvalue weighted by Gasteiger charge is -2.15. The Morgan fingerprint density at radius 1 is 1.32 bits per heavy atom. The summed E-state index contributed by atoms with van der Waals surface area (Å²) >= 11 is 0. The summed E-state index contributed by atoms with van der Waals surface area (Å²) in [5.41, 5.74) is 1.79. The van der Waals surface area contributed by atoms with E-state index in [2.05, 4.69) is 23.5 Å². The average Bonchev–Trinajstić information content (AvgIpc) is 3.18. The van der Waals surface area contributed by atoms with Crippen LogP contribution in [0.15, 0.2) is 24.3 Å². The zero-order chi connectivity index (χ0) is 13.6. The fourth-order valence-corrected chi connectivity index (χ4v) is 2.39. The minimum Gasteiger partial charge on any atom is -0.494 e. The van der Waals surface area contributed by atoms with Crippen molar-refractivity contribution in [2.24, 2.45) is 5.41 Å². The molecule has 0 atom stereocenters. The first kappa shape index (κ1) is 14.4. The molecular weight excluding hydrogens is 238 g/mol. The van der Waals surface area contributed by atoms with Crippen molar-refractivity contribution in [3.05, 3.63) is 29.8 Å². The second-order valence-corrected chi connectivity index (χ2v) is 5.43. The Morgan fingerprint density at radius 2 is 2.16 bits per heavy atom. The summed E-state index contributed by atoms with van der Waals surface area (Å²) in [6, 6.07) is 8.32. The summed E-state index contributed by atoms with van der Waals surface area (Å²) in [5.74, 6) is 0.960. The molecule has 106 valence electrons. The minimum absolute atomic E-state index is 0.507. The van der Waals surface area contributed by atoms with Crippen LogP contribution in [0.5, 0.6) is 5.75 Å². The maximum absolute atomic E-state index is 5.51. The molecule has 3 heteroatoms. The van der Waals surface area contributed by atoms with E-state index in [0.717, 1.165) is 32.1 Å². The van der Waals surface area contributed by atoms with Crippen LogP contribution in [0.1, 0.15) is 31.7 Å². The normalized spacial score (nSPS) is 16.3. The van der Waals surface area contributed by atoms with Crippen molar-refractivity contribution in [3.8, 4) is 5.75 Å². The smallest absolute Gasteiger partial charge is 0.119 e. The maximum Gasteiger partial charge on any atom is 0.119 e. The van der Waals surface area contributed by atoms with Gasteiger partial charge in [-0.15, -0.1) is 0 Å². The van der Waals surface area contributed by atoms with Crippen LogP contribution < -0.4 is 10.1 Å². The van der Waals surface area contributed by atoms with E-state index in [9.17, 15) is 0 Å². The molecule has 2 rings (SSSR count). The van der Waals surface area contributed by atoms with Gasteiger partial charge in [0, 0.05) is 26.8 Å². The van der Waals surface area contributed by atoms with Crippen molar-refractivity contribution in [2.45, 2.75) is 32.7 Å². The van der Waals surface area contributed by atoms with Gasteiger partial charge >= 0.3 is 0 Å². The van der Waals surface area contributed by atoms with Crippen molar-refractivity contribution in [2.75, 3.05) is 26.9 Å². The van der Waals surface area contributed by atoms with Crippen LogP contribution in [0, 0.1) is 5.41 Å². The monoisotopic (exact) mass is 263 g/mol. The molecule has 1 fully saturated rings. The average molecular weight is 263 g/mol. The molecular formula is C16H25NO2. The molecule has 0 amide bonds. The first-order valence-electron chi connectivity index (χ1n) is 7.19. The van der Waals surface area contributed by atoms with Crippen molar-refractivity contribution < 1.29 is 9.47 Å². The molecule has 0 heterocycles. The highest BCUT2D eigenvalue weighted by Gasteiger charge is 2.41. The standard InChI is InChI=1S/C16H25NO2/c1-3-19-15-6-4-5-14(11-15)12-17-13-16(7-8-16)9-10-18-2/h4-6,11,17H,3,7-10,12-13H2,1-2H3. The number of hydrogen-bond donors (Lipinski definition) is 1. The minimum atomic E-state index is 0.507. The summed E-state index contributed by atoms with van der Waals surface area (Å²) in [6.07, 6.45) is 3.85. The lowest BCUT2D eigenvalue weighted by Crippen LogP contribution is -2.24. The molecule has 1 aromatic rings. The van der Waals surface area contributed by atoms with Crippen LogP contribution in [0.2, 0.25) is 0 Å². The van der Waals surface area contributed by atoms with E-state index in [0.29, 0.717) is 5.41 Å². The third-order valence-electron chi connectivity index (χ3n) is 3.83. The summed E-state index contributed by atoms with van der Waals surface area (Å²) in [5, 5.41) is 3.57. The van der Waals surface area contributed by atoms with Gasteiger partial charge in [-0.2, -0.15) is 0 Å². The Bertz CT molecular complexity index is 388. The molecule has 3 nitrogen and oxygen atoms in total. The van der Waals surface area contributed by atoms with Crippen LogP contribution in [0.25, 0.3) is 0 Å². The van der Waals surface area contributed by atoms with E-state index < -0.39 is 0 Å². The van der Waals surface area contributed by atoms with Gasteiger partial charge in [0.15, 0.2) is 0 Å². The zero-order valence-corrected chi connectivity index (χ0v) is 12.1. The molecule has 0 aliphatic heterocycles. The highest BCUT2D eigenvalue weighted by molar-refractivity contribution is 5.28. The Morgan fingerprint density at radius 3 is 2.84 bits per heavy atom. The summed E-state index contributed by atoms with van der Waals surface area (Å²) < 4.78 is 10.7. The Kier molecular flexibility index (Phi) is 5.23. The van der Waals surface area contributed by atoms with Crippen molar-refractivity contribution >= 4 is 0 Å². The predicted molar refractivity (Wildman–Crippen MR) is 77.5 cm³/mol. The molecule has 0 unspecified atom stereocenters. The number of rotatable bonds is 9. The Labute approximate surface area is 116 Å². The van der Waals surface area contributed by atoms with E-state index >= 15 is 0 Å². The molecule has 0 aromatic heterocycles. The van der Waals surface area contributed by atoms with Crippen molar-refractivity contribution in [3.63, 3.8) is 0 Å².